The lowest BCUT2D eigenvalue weighted by Gasteiger charge is -2.05. The fourth-order valence-electron chi connectivity index (χ4n) is 2.08. The molecule has 0 radical (unpaired) electrons. The van der Waals surface area contributed by atoms with Crippen LogP contribution in [0.4, 0.5) is 5.69 Å². The molecule has 0 unspecified atom stereocenters. The van der Waals surface area contributed by atoms with Crippen molar-refractivity contribution in [1.29, 1.82) is 0 Å². The standard InChI is InChI=1S/C16H14N2O4S/c1-10-3-5-14(13(7-10)18(19)20)21-8-12-9-23-16(17-12)15-6-4-11(2)22-15/h3-7,9H,8H2,1-2H3. The number of furan rings is 1. The average Bonchev–Trinajstić information content (AvgIpc) is 3.14. The van der Waals surface area contributed by atoms with Gasteiger partial charge in [0.05, 0.1) is 10.6 Å². The van der Waals surface area contributed by atoms with Crippen molar-refractivity contribution in [2.45, 2.75) is 20.5 Å². The van der Waals surface area contributed by atoms with Crippen LogP contribution in [0.1, 0.15) is 17.0 Å². The first-order valence-corrected chi connectivity index (χ1v) is 7.80. The molecular formula is C16H14N2O4S. The zero-order valence-electron chi connectivity index (χ0n) is 12.6. The zero-order valence-corrected chi connectivity index (χ0v) is 13.4. The van der Waals surface area contributed by atoms with Crippen molar-refractivity contribution in [3.05, 3.63) is 62.8 Å². The Morgan fingerprint density at radius 1 is 1.30 bits per heavy atom. The summed E-state index contributed by atoms with van der Waals surface area (Å²) in [5, 5.41) is 13.7. The van der Waals surface area contributed by atoms with Crippen molar-refractivity contribution in [2.75, 3.05) is 0 Å². The maximum Gasteiger partial charge on any atom is 0.311 e. The highest BCUT2D eigenvalue weighted by Crippen LogP contribution is 2.30. The first kappa shape index (κ1) is 15.2. The van der Waals surface area contributed by atoms with E-state index in [1.807, 2.05) is 24.4 Å². The van der Waals surface area contributed by atoms with Crippen molar-refractivity contribution in [3.8, 4) is 16.5 Å². The van der Waals surface area contributed by atoms with E-state index in [0.717, 1.165) is 16.3 Å². The Hall–Kier alpha value is -2.67. The van der Waals surface area contributed by atoms with E-state index in [4.69, 9.17) is 9.15 Å². The van der Waals surface area contributed by atoms with Crippen LogP contribution >= 0.6 is 11.3 Å². The van der Waals surface area contributed by atoms with Gasteiger partial charge in [0.25, 0.3) is 0 Å². The second-order valence-corrected chi connectivity index (χ2v) is 5.93. The number of nitrogens with zero attached hydrogens (tertiary/aromatic N) is 2. The third-order valence-electron chi connectivity index (χ3n) is 3.19. The molecule has 3 aromatic rings. The fourth-order valence-corrected chi connectivity index (χ4v) is 2.84. The van der Waals surface area contributed by atoms with E-state index in [9.17, 15) is 10.1 Å². The maximum atomic E-state index is 11.1. The molecule has 0 bridgehead atoms. The number of aryl methyl sites for hydroxylation is 2. The van der Waals surface area contributed by atoms with E-state index in [0.29, 0.717) is 11.5 Å². The third kappa shape index (κ3) is 3.40. The number of aromatic nitrogens is 1. The Balaban J connectivity index is 1.74. The van der Waals surface area contributed by atoms with Crippen LogP contribution in [0.2, 0.25) is 0 Å². The van der Waals surface area contributed by atoms with Crippen LogP contribution < -0.4 is 4.74 Å². The number of benzene rings is 1. The van der Waals surface area contributed by atoms with Gasteiger partial charge in [0.1, 0.15) is 12.4 Å². The molecule has 7 heteroatoms. The van der Waals surface area contributed by atoms with Crippen LogP contribution in [-0.4, -0.2) is 9.91 Å². The van der Waals surface area contributed by atoms with Gasteiger partial charge in [-0.25, -0.2) is 4.98 Å². The van der Waals surface area contributed by atoms with Gasteiger partial charge < -0.3 is 9.15 Å². The Bertz CT molecular complexity index is 853. The first-order chi connectivity index (χ1) is 11.0. The highest BCUT2D eigenvalue weighted by atomic mass is 32.1. The second-order valence-electron chi connectivity index (χ2n) is 5.07. The van der Waals surface area contributed by atoms with E-state index < -0.39 is 4.92 Å². The quantitative estimate of drug-likeness (QED) is 0.508. The summed E-state index contributed by atoms with van der Waals surface area (Å²) in [5.41, 5.74) is 1.48. The van der Waals surface area contributed by atoms with Gasteiger partial charge in [0.2, 0.25) is 0 Å². The molecular weight excluding hydrogens is 316 g/mol. The van der Waals surface area contributed by atoms with Crippen LogP contribution in [-0.2, 0) is 6.61 Å². The molecule has 1 aromatic carbocycles. The predicted octanol–water partition coefficient (Wildman–Crippen LogP) is 4.51. The van der Waals surface area contributed by atoms with Gasteiger partial charge in [-0.2, -0.15) is 0 Å². The van der Waals surface area contributed by atoms with E-state index in [-0.39, 0.29) is 18.0 Å². The number of hydrogen-bond donors (Lipinski definition) is 0. The molecule has 0 amide bonds. The summed E-state index contributed by atoms with van der Waals surface area (Å²) in [6.07, 6.45) is 0. The zero-order chi connectivity index (χ0) is 16.4. The molecule has 0 atom stereocenters. The molecule has 2 aromatic heterocycles. The fraction of sp³-hybridized carbons (Fsp3) is 0.188. The predicted molar refractivity (Wildman–Crippen MR) is 86.7 cm³/mol. The van der Waals surface area contributed by atoms with Crippen LogP contribution in [0.5, 0.6) is 5.75 Å². The topological polar surface area (TPSA) is 78.4 Å². The Morgan fingerprint density at radius 2 is 2.13 bits per heavy atom. The largest absolute Gasteiger partial charge is 0.480 e. The van der Waals surface area contributed by atoms with Gasteiger partial charge in [-0.15, -0.1) is 11.3 Å². The lowest BCUT2D eigenvalue weighted by molar-refractivity contribution is -0.386. The van der Waals surface area contributed by atoms with Gasteiger partial charge in [-0.3, -0.25) is 10.1 Å². The normalized spacial score (nSPS) is 10.7. The van der Waals surface area contributed by atoms with Crippen LogP contribution in [0.3, 0.4) is 0 Å². The average molecular weight is 330 g/mol. The SMILES string of the molecule is Cc1ccc(OCc2csc(-c3ccc(C)o3)n2)c([N+](=O)[O-])c1. The third-order valence-corrected chi connectivity index (χ3v) is 4.10. The van der Waals surface area contributed by atoms with Gasteiger partial charge in [0, 0.05) is 11.4 Å². The van der Waals surface area contributed by atoms with E-state index in [1.165, 1.54) is 17.4 Å². The summed E-state index contributed by atoms with van der Waals surface area (Å²) in [7, 11) is 0. The molecule has 0 aliphatic heterocycles. The van der Waals surface area contributed by atoms with Crippen molar-refractivity contribution in [2.24, 2.45) is 0 Å². The highest BCUT2D eigenvalue weighted by molar-refractivity contribution is 7.13. The number of thiazole rings is 1. The molecule has 0 aliphatic rings. The molecule has 118 valence electrons. The summed E-state index contributed by atoms with van der Waals surface area (Å²) >= 11 is 1.45. The minimum atomic E-state index is -0.444. The van der Waals surface area contributed by atoms with Crippen molar-refractivity contribution in [3.63, 3.8) is 0 Å². The summed E-state index contributed by atoms with van der Waals surface area (Å²) < 4.78 is 11.1. The smallest absolute Gasteiger partial charge is 0.311 e. The summed E-state index contributed by atoms with van der Waals surface area (Å²) in [5.74, 6) is 1.77. The molecule has 0 N–H and O–H groups in total. The lowest BCUT2D eigenvalue weighted by Crippen LogP contribution is -1.99. The molecule has 0 saturated heterocycles. The summed E-state index contributed by atoms with van der Waals surface area (Å²) in [4.78, 5) is 15.1. The summed E-state index contributed by atoms with van der Waals surface area (Å²) in [6, 6.07) is 8.62. The van der Waals surface area contributed by atoms with Gasteiger partial charge in [-0.1, -0.05) is 6.07 Å². The lowest BCUT2D eigenvalue weighted by atomic mass is 10.2. The van der Waals surface area contributed by atoms with E-state index in [1.54, 1.807) is 19.1 Å². The maximum absolute atomic E-state index is 11.1. The van der Waals surface area contributed by atoms with Gasteiger partial charge >= 0.3 is 5.69 Å². The summed E-state index contributed by atoms with van der Waals surface area (Å²) in [6.45, 7) is 3.84. The minimum absolute atomic E-state index is 0.0397. The molecule has 0 saturated carbocycles. The van der Waals surface area contributed by atoms with Crippen LogP contribution in [0.25, 0.3) is 10.8 Å². The molecule has 23 heavy (non-hydrogen) atoms. The molecule has 3 rings (SSSR count). The van der Waals surface area contributed by atoms with Crippen molar-refractivity contribution < 1.29 is 14.1 Å². The Labute approximate surface area is 136 Å². The Kier molecular flexibility index (Phi) is 4.12. The molecule has 0 aliphatic carbocycles. The van der Waals surface area contributed by atoms with Crippen LogP contribution in [0, 0.1) is 24.0 Å². The van der Waals surface area contributed by atoms with E-state index >= 15 is 0 Å². The molecule has 6 nitrogen and oxygen atoms in total. The van der Waals surface area contributed by atoms with Crippen LogP contribution in [0.15, 0.2) is 40.1 Å². The number of nitro groups is 1. The highest BCUT2D eigenvalue weighted by Gasteiger charge is 2.16. The number of ether oxygens (including phenoxy) is 1. The number of nitro benzene ring substituents is 1. The molecule has 2 heterocycles. The van der Waals surface area contributed by atoms with E-state index in [2.05, 4.69) is 4.98 Å². The minimum Gasteiger partial charge on any atom is -0.480 e. The molecule has 0 spiro atoms. The van der Waals surface area contributed by atoms with Crippen molar-refractivity contribution >= 4 is 17.0 Å². The van der Waals surface area contributed by atoms with Crippen molar-refractivity contribution in [1.82, 2.24) is 4.98 Å². The van der Waals surface area contributed by atoms with Gasteiger partial charge in [0.15, 0.2) is 16.5 Å². The Morgan fingerprint density at radius 3 is 2.83 bits per heavy atom. The molecule has 0 fully saturated rings. The van der Waals surface area contributed by atoms with Gasteiger partial charge in [-0.05, 0) is 37.6 Å². The number of rotatable bonds is 5. The first-order valence-electron chi connectivity index (χ1n) is 6.92. The number of hydrogen-bond acceptors (Lipinski definition) is 6. The second kappa shape index (κ2) is 6.21. The monoisotopic (exact) mass is 330 g/mol.